The SMILES string of the molecule is COc1ccc(OCC(=O)c2ccc([N+](=O)[O-])cc2)cc1. The molecule has 0 saturated heterocycles. The van der Waals surface area contributed by atoms with E-state index >= 15 is 0 Å². The summed E-state index contributed by atoms with van der Waals surface area (Å²) in [6, 6.07) is 12.3. The molecule has 0 spiro atoms. The Hall–Kier alpha value is -2.89. The number of Topliss-reactive ketones (excluding diaryl/α,β-unsaturated/α-hetero) is 1. The molecule has 6 heteroatoms. The Morgan fingerprint density at radius 1 is 1.05 bits per heavy atom. The van der Waals surface area contributed by atoms with E-state index in [-0.39, 0.29) is 18.1 Å². The van der Waals surface area contributed by atoms with Crippen LogP contribution in [0.1, 0.15) is 10.4 Å². The van der Waals surface area contributed by atoms with E-state index in [1.807, 2.05) is 0 Å². The lowest BCUT2D eigenvalue weighted by Gasteiger charge is -2.06. The lowest BCUT2D eigenvalue weighted by molar-refractivity contribution is -0.384. The minimum Gasteiger partial charge on any atom is -0.497 e. The van der Waals surface area contributed by atoms with Gasteiger partial charge in [0.05, 0.1) is 12.0 Å². The first-order valence-corrected chi connectivity index (χ1v) is 6.14. The number of rotatable bonds is 6. The smallest absolute Gasteiger partial charge is 0.269 e. The second kappa shape index (κ2) is 6.51. The van der Waals surface area contributed by atoms with Crippen molar-refractivity contribution in [1.82, 2.24) is 0 Å². The van der Waals surface area contributed by atoms with Crippen LogP contribution < -0.4 is 9.47 Å². The number of carbonyl (C=O) groups is 1. The van der Waals surface area contributed by atoms with Gasteiger partial charge in [-0.05, 0) is 36.4 Å². The number of benzene rings is 2. The fourth-order valence-electron chi connectivity index (χ4n) is 1.67. The topological polar surface area (TPSA) is 78.7 Å². The van der Waals surface area contributed by atoms with Crippen LogP contribution in [0.3, 0.4) is 0 Å². The quantitative estimate of drug-likeness (QED) is 0.463. The molecule has 0 unspecified atom stereocenters. The highest BCUT2D eigenvalue weighted by atomic mass is 16.6. The molecule has 108 valence electrons. The highest BCUT2D eigenvalue weighted by Crippen LogP contribution is 2.17. The summed E-state index contributed by atoms with van der Waals surface area (Å²) >= 11 is 0. The number of nitro groups is 1. The van der Waals surface area contributed by atoms with E-state index in [2.05, 4.69) is 0 Å². The van der Waals surface area contributed by atoms with Crippen molar-refractivity contribution in [3.8, 4) is 11.5 Å². The van der Waals surface area contributed by atoms with Gasteiger partial charge in [0.15, 0.2) is 12.4 Å². The molecule has 0 amide bonds. The summed E-state index contributed by atoms with van der Waals surface area (Å²) in [5, 5.41) is 10.5. The van der Waals surface area contributed by atoms with Crippen molar-refractivity contribution in [2.75, 3.05) is 13.7 Å². The van der Waals surface area contributed by atoms with Gasteiger partial charge < -0.3 is 9.47 Å². The molecule has 0 radical (unpaired) electrons. The minimum atomic E-state index is -0.512. The van der Waals surface area contributed by atoms with Crippen LogP contribution >= 0.6 is 0 Å². The second-order valence-corrected chi connectivity index (χ2v) is 4.19. The zero-order valence-electron chi connectivity index (χ0n) is 11.3. The van der Waals surface area contributed by atoms with Crippen LogP contribution in [0.2, 0.25) is 0 Å². The van der Waals surface area contributed by atoms with Crippen LogP contribution in [-0.4, -0.2) is 24.4 Å². The fourth-order valence-corrected chi connectivity index (χ4v) is 1.67. The fraction of sp³-hybridized carbons (Fsp3) is 0.133. The number of carbonyl (C=O) groups excluding carboxylic acids is 1. The van der Waals surface area contributed by atoms with E-state index in [9.17, 15) is 14.9 Å². The number of hydrogen-bond donors (Lipinski definition) is 0. The standard InChI is InChI=1S/C15H13NO5/c1-20-13-6-8-14(9-7-13)21-10-15(17)11-2-4-12(5-3-11)16(18)19/h2-9H,10H2,1H3. The lowest BCUT2D eigenvalue weighted by atomic mass is 10.1. The second-order valence-electron chi connectivity index (χ2n) is 4.19. The summed E-state index contributed by atoms with van der Waals surface area (Å²) in [5.74, 6) is 0.996. The molecular formula is C15H13NO5. The van der Waals surface area contributed by atoms with E-state index in [1.165, 1.54) is 24.3 Å². The summed E-state index contributed by atoms with van der Waals surface area (Å²) in [6.45, 7) is -0.135. The Labute approximate surface area is 121 Å². The largest absolute Gasteiger partial charge is 0.497 e. The molecule has 0 aromatic heterocycles. The first-order chi connectivity index (χ1) is 10.1. The van der Waals surface area contributed by atoms with Crippen LogP contribution in [0.5, 0.6) is 11.5 Å². The van der Waals surface area contributed by atoms with E-state index in [1.54, 1.807) is 31.4 Å². The summed E-state index contributed by atoms with van der Waals surface area (Å²) in [6.07, 6.45) is 0. The molecule has 0 saturated carbocycles. The lowest BCUT2D eigenvalue weighted by Crippen LogP contribution is -2.11. The predicted octanol–water partition coefficient (Wildman–Crippen LogP) is 2.87. The van der Waals surface area contributed by atoms with Gasteiger partial charge in [0.1, 0.15) is 11.5 Å². The zero-order valence-corrected chi connectivity index (χ0v) is 11.3. The molecule has 0 aliphatic heterocycles. The summed E-state index contributed by atoms with van der Waals surface area (Å²) in [4.78, 5) is 21.9. The van der Waals surface area contributed by atoms with Gasteiger partial charge in [0.25, 0.3) is 5.69 Å². The molecule has 0 aliphatic rings. The summed E-state index contributed by atoms with van der Waals surface area (Å²) < 4.78 is 10.4. The molecule has 6 nitrogen and oxygen atoms in total. The number of non-ortho nitro benzene ring substituents is 1. The van der Waals surface area contributed by atoms with Crippen molar-refractivity contribution in [2.45, 2.75) is 0 Å². The molecule has 0 heterocycles. The normalized spacial score (nSPS) is 9.95. The average molecular weight is 287 g/mol. The highest BCUT2D eigenvalue weighted by Gasteiger charge is 2.10. The van der Waals surface area contributed by atoms with Gasteiger partial charge in [0.2, 0.25) is 0 Å². The predicted molar refractivity (Wildman–Crippen MR) is 75.9 cm³/mol. The first-order valence-electron chi connectivity index (χ1n) is 6.14. The van der Waals surface area contributed by atoms with Crippen LogP contribution in [0.4, 0.5) is 5.69 Å². The van der Waals surface area contributed by atoms with Crippen LogP contribution in [-0.2, 0) is 0 Å². The Bertz CT molecular complexity index is 634. The molecule has 0 atom stereocenters. The third-order valence-electron chi connectivity index (χ3n) is 2.83. The third-order valence-corrected chi connectivity index (χ3v) is 2.83. The molecule has 0 aliphatic carbocycles. The van der Waals surface area contributed by atoms with Gasteiger partial charge in [-0.2, -0.15) is 0 Å². The number of nitrogens with zero attached hydrogens (tertiary/aromatic N) is 1. The van der Waals surface area contributed by atoms with Crippen molar-refractivity contribution in [1.29, 1.82) is 0 Å². The molecule has 0 bridgehead atoms. The third kappa shape index (κ3) is 3.79. The van der Waals surface area contributed by atoms with Gasteiger partial charge >= 0.3 is 0 Å². The molecule has 2 rings (SSSR count). The number of nitro benzene ring substituents is 1. The number of ether oxygens (including phenoxy) is 2. The van der Waals surface area contributed by atoms with E-state index in [4.69, 9.17) is 9.47 Å². The molecule has 2 aromatic rings. The first kappa shape index (κ1) is 14.5. The molecule has 2 aromatic carbocycles. The Morgan fingerprint density at radius 2 is 1.62 bits per heavy atom. The molecular weight excluding hydrogens is 274 g/mol. The van der Waals surface area contributed by atoms with Crippen molar-refractivity contribution >= 4 is 11.5 Å². The number of hydrogen-bond acceptors (Lipinski definition) is 5. The van der Waals surface area contributed by atoms with Gasteiger partial charge in [0, 0.05) is 17.7 Å². The van der Waals surface area contributed by atoms with Crippen molar-refractivity contribution in [3.05, 3.63) is 64.2 Å². The Morgan fingerprint density at radius 3 is 2.14 bits per heavy atom. The van der Waals surface area contributed by atoms with Crippen molar-refractivity contribution in [3.63, 3.8) is 0 Å². The van der Waals surface area contributed by atoms with Gasteiger partial charge in [-0.1, -0.05) is 0 Å². The maximum absolute atomic E-state index is 11.9. The van der Waals surface area contributed by atoms with E-state index in [0.717, 1.165) is 0 Å². The number of methoxy groups -OCH3 is 1. The van der Waals surface area contributed by atoms with Crippen molar-refractivity contribution in [2.24, 2.45) is 0 Å². The van der Waals surface area contributed by atoms with Gasteiger partial charge in [-0.3, -0.25) is 14.9 Å². The Balaban J connectivity index is 1.95. The molecule has 0 fully saturated rings. The molecule has 0 N–H and O–H groups in total. The Kier molecular flexibility index (Phi) is 4.50. The van der Waals surface area contributed by atoms with Gasteiger partial charge in [-0.15, -0.1) is 0 Å². The monoisotopic (exact) mass is 287 g/mol. The molecule has 21 heavy (non-hydrogen) atoms. The zero-order chi connectivity index (χ0) is 15.2. The summed E-state index contributed by atoms with van der Waals surface area (Å²) in [5.41, 5.74) is 0.316. The number of ketones is 1. The van der Waals surface area contributed by atoms with E-state index < -0.39 is 4.92 Å². The maximum atomic E-state index is 11.9. The highest BCUT2D eigenvalue weighted by molar-refractivity contribution is 5.97. The van der Waals surface area contributed by atoms with E-state index in [0.29, 0.717) is 17.1 Å². The van der Waals surface area contributed by atoms with Crippen molar-refractivity contribution < 1.29 is 19.2 Å². The minimum absolute atomic E-state index is 0.0531. The van der Waals surface area contributed by atoms with Crippen LogP contribution in [0.15, 0.2) is 48.5 Å². The average Bonchev–Trinajstić information content (AvgIpc) is 2.53. The van der Waals surface area contributed by atoms with Crippen LogP contribution in [0, 0.1) is 10.1 Å². The maximum Gasteiger partial charge on any atom is 0.269 e. The van der Waals surface area contributed by atoms with Gasteiger partial charge in [-0.25, -0.2) is 0 Å². The summed E-state index contributed by atoms with van der Waals surface area (Å²) in [7, 11) is 1.56. The van der Waals surface area contributed by atoms with Crippen LogP contribution in [0.25, 0.3) is 0 Å².